The van der Waals surface area contributed by atoms with E-state index < -0.39 is 15.8 Å². The van der Waals surface area contributed by atoms with Crippen LogP contribution in [-0.2, 0) is 14.8 Å². The molecule has 6 nitrogen and oxygen atoms in total. The average Bonchev–Trinajstić information content (AvgIpc) is 2.66. The number of piperazine rings is 1. The molecule has 150 valence electrons. The minimum atomic E-state index is -3.69. The molecule has 0 atom stereocenters. The minimum Gasteiger partial charge on any atom is -0.322 e. The van der Waals surface area contributed by atoms with E-state index >= 15 is 0 Å². The SMILES string of the molecule is O=C(CN1CCN(S(=O)(=O)c2ccc(F)cc2)CC1)Nc1c(Cl)cccc1Cl. The zero-order valence-electron chi connectivity index (χ0n) is 14.7. The summed E-state index contributed by atoms with van der Waals surface area (Å²) in [6.07, 6.45) is 0. The first kappa shape index (κ1) is 21.0. The quantitative estimate of drug-likeness (QED) is 0.767. The van der Waals surface area contributed by atoms with Gasteiger partial charge in [-0.05, 0) is 36.4 Å². The summed E-state index contributed by atoms with van der Waals surface area (Å²) in [7, 11) is -3.69. The molecule has 1 N–H and O–H groups in total. The van der Waals surface area contributed by atoms with Crippen LogP contribution in [0.3, 0.4) is 0 Å². The van der Waals surface area contributed by atoms with Gasteiger partial charge in [-0.15, -0.1) is 0 Å². The molecule has 10 heteroatoms. The summed E-state index contributed by atoms with van der Waals surface area (Å²) in [6.45, 7) is 1.35. The Balaban J connectivity index is 1.56. The number of benzene rings is 2. The Bertz CT molecular complexity index is 942. The Hall–Kier alpha value is -1.71. The second-order valence-electron chi connectivity index (χ2n) is 6.28. The van der Waals surface area contributed by atoms with Crippen LogP contribution in [-0.4, -0.2) is 56.3 Å². The van der Waals surface area contributed by atoms with Crippen molar-refractivity contribution in [1.82, 2.24) is 9.21 Å². The van der Waals surface area contributed by atoms with Gasteiger partial charge >= 0.3 is 0 Å². The van der Waals surface area contributed by atoms with E-state index in [2.05, 4.69) is 5.32 Å². The molecule has 28 heavy (non-hydrogen) atoms. The molecule has 0 aromatic heterocycles. The Morgan fingerprint density at radius 1 is 1.00 bits per heavy atom. The van der Waals surface area contributed by atoms with Crippen LogP contribution >= 0.6 is 23.2 Å². The van der Waals surface area contributed by atoms with Crippen LogP contribution in [0, 0.1) is 5.82 Å². The number of rotatable bonds is 5. The number of anilines is 1. The molecule has 2 aromatic carbocycles. The van der Waals surface area contributed by atoms with Gasteiger partial charge in [0.15, 0.2) is 0 Å². The number of sulfonamides is 1. The molecule has 1 fully saturated rings. The molecule has 1 saturated heterocycles. The molecule has 0 saturated carbocycles. The molecule has 1 heterocycles. The number of nitrogens with zero attached hydrogens (tertiary/aromatic N) is 2. The molecule has 0 radical (unpaired) electrons. The Morgan fingerprint density at radius 3 is 2.14 bits per heavy atom. The normalized spacial score (nSPS) is 16.1. The van der Waals surface area contributed by atoms with Crippen LogP contribution in [0.15, 0.2) is 47.4 Å². The van der Waals surface area contributed by atoms with E-state index in [-0.39, 0.29) is 30.4 Å². The number of carbonyl (C=O) groups is 1. The third-order valence-electron chi connectivity index (χ3n) is 4.38. The fourth-order valence-corrected chi connectivity index (χ4v) is 4.80. The maximum absolute atomic E-state index is 13.0. The van der Waals surface area contributed by atoms with Crippen molar-refractivity contribution in [2.45, 2.75) is 4.90 Å². The fourth-order valence-electron chi connectivity index (χ4n) is 2.88. The van der Waals surface area contributed by atoms with E-state index in [1.54, 1.807) is 18.2 Å². The smallest absolute Gasteiger partial charge is 0.243 e. The van der Waals surface area contributed by atoms with Gasteiger partial charge in [-0.2, -0.15) is 4.31 Å². The van der Waals surface area contributed by atoms with Gasteiger partial charge < -0.3 is 5.32 Å². The molecule has 0 aliphatic carbocycles. The molecule has 1 amide bonds. The minimum absolute atomic E-state index is 0.0495. The zero-order chi connectivity index (χ0) is 20.3. The summed E-state index contributed by atoms with van der Waals surface area (Å²) in [6, 6.07) is 9.67. The number of amides is 1. The fraction of sp³-hybridized carbons (Fsp3) is 0.278. The molecule has 3 rings (SSSR count). The molecular weight excluding hydrogens is 428 g/mol. The molecule has 1 aliphatic heterocycles. The Labute approximate surface area is 172 Å². The van der Waals surface area contributed by atoms with Gasteiger partial charge in [-0.25, -0.2) is 12.8 Å². The number of hydrogen-bond acceptors (Lipinski definition) is 4. The molecule has 1 aliphatic rings. The average molecular weight is 446 g/mol. The highest BCUT2D eigenvalue weighted by atomic mass is 35.5. The van der Waals surface area contributed by atoms with Crippen LogP contribution < -0.4 is 5.32 Å². The largest absolute Gasteiger partial charge is 0.322 e. The summed E-state index contributed by atoms with van der Waals surface area (Å²) in [4.78, 5) is 14.2. The molecular formula is C18H18Cl2FN3O3S. The van der Waals surface area contributed by atoms with E-state index in [0.717, 1.165) is 12.1 Å². The molecule has 0 spiro atoms. The predicted octanol–water partition coefficient (Wildman–Crippen LogP) is 3.08. The molecule has 0 unspecified atom stereocenters. The Morgan fingerprint density at radius 2 is 1.57 bits per heavy atom. The van der Waals surface area contributed by atoms with Crippen molar-refractivity contribution < 1.29 is 17.6 Å². The molecule has 2 aromatic rings. The van der Waals surface area contributed by atoms with Gasteiger partial charge in [0.05, 0.1) is 27.2 Å². The maximum Gasteiger partial charge on any atom is 0.243 e. The number of hydrogen-bond donors (Lipinski definition) is 1. The van der Waals surface area contributed by atoms with E-state index in [1.807, 2.05) is 4.90 Å². The van der Waals surface area contributed by atoms with Gasteiger partial charge in [0.25, 0.3) is 0 Å². The maximum atomic E-state index is 13.0. The summed E-state index contributed by atoms with van der Waals surface area (Å²) in [5, 5.41) is 3.37. The summed E-state index contributed by atoms with van der Waals surface area (Å²) < 4.78 is 39.6. The predicted molar refractivity (Wildman–Crippen MR) is 107 cm³/mol. The van der Waals surface area contributed by atoms with Crippen LogP contribution in [0.2, 0.25) is 10.0 Å². The van der Waals surface area contributed by atoms with Gasteiger partial charge in [0.2, 0.25) is 15.9 Å². The van der Waals surface area contributed by atoms with E-state index in [4.69, 9.17) is 23.2 Å². The van der Waals surface area contributed by atoms with Crippen LogP contribution in [0.4, 0.5) is 10.1 Å². The highest BCUT2D eigenvalue weighted by Crippen LogP contribution is 2.29. The first-order chi connectivity index (χ1) is 13.3. The highest BCUT2D eigenvalue weighted by Gasteiger charge is 2.29. The lowest BCUT2D eigenvalue weighted by Gasteiger charge is -2.33. The van der Waals surface area contributed by atoms with Gasteiger partial charge in [-0.1, -0.05) is 29.3 Å². The summed E-state index contributed by atoms with van der Waals surface area (Å²) in [5.41, 5.74) is 0.355. The van der Waals surface area contributed by atoms with Crippen molar-refractivity contribution in [3.05, 3.63) is 58.3 Å². The standard InChI is InChI=1S/C18H18Cl2FN3O3S/c19-15-2-1-3-16(20)18(15)22-17(25)12-23-8-10-24(11-9-23)28(26,27)14-6-4-13(21)5-7-14/h1-7H,8-12H2,(H,22,25). The van der Waals surface area contributed by atoms with Crippen molar-refractivity contribution in [2.24, 2.45) is 0 Å². The van der Waals surface area contributed by atoms with Gasteiger partial charge in [0.1, 0.15) is 5.82 Å². The first-order valence-corrected chi connectivity index (χ1v) is 10.7. The highest BCUT2D eigenvalue weighted by molar-refractivity contribution is 7.89. The van der Waals surface area contributed by atoms with Crippen LogP contribution in [0.25, 0.3) is 0 Å². The van der Waals surface area contributed by atoms with E-state index in [0.29, 0.717) is 28.8 Å². The number of carbonyl (C=O) groups excluding carboxylic acids is 1. The summed E-state index contributed by atoms with van der Waals surface area (Å²) >= 11 is 12.1. The van der Waals surface area contributed by atoms with Gasteiger partial charge in [-0.3, -0.25) is 9.69 Å². The first-order valence-electron chi connectivity index (χ1n) is 8.49. The monoisotopic (exact) mass is 445 g/mol. The third-order valence-corrected chi connectivity index (χ3v) is 6.92. The van der Waals surface area contributed by atoms with E-state index in [1.165, 1.54) is 16.4 Å². The summed E-state index contributed by atoms with van der Waals surface area (Å²) in [5.74, 6) is -0.779. The van der Waals surface area contributed by atoms with Gasteiger partial charge in [0, 0.05) is 26.2 Å². The van der Waals surface area contributed by atoms with Crippen molar-refractivity contribution in [1.29, 1.82) is 0 Å². The lowest BCUT2D eigenvalue weighted by atomic mass is 10.3. The third kappa shape index (κ3) is 4.82. The van der Waals surface area contributed by atoms with Crippen LogP contribution in [0.5, 0.6) is 0 Å². The second kappa shape index (κ2) is 8.75. The van der Waals surface area contributed by atoms with Crippen molar-refractivity contribution >= 4 is 44.8 Å². The topological polar surface area (TPSA) is 69.7 Å². The number of nitrogens with one attached hydrogen (secondary N) is 1. The number of halogens is 3. The lowest BCUT2D eigenvalue weighted by molar-refractivity contribution is -0.117. The van der Waals surface area contributed by atoms with Crippen molar-refractivity contribution in [2.75, 3.05) is 38.0 Å². The molecule has 0 bridgehead atoms. The van der Waals surface area contributed by atoms with Crippen molar-refractivity contribution in [3.63, 3.8) is 0 Å². The van der Waals surface area contributed by atoms with Crippen molar-refractivity contribution in [3.8, 4) is 0 Å². The number of para-hydroxylation sites is 1. The zero-order valence-corrected chi connectivity index (χ0v) is 17.1. The second-order valence-corrected chi connectivity index (χ2v) is 9.03. The Kier molecular flexibility index (Phi) is 6.57. The van der Waals surface area contributed by atoms with Crippen LogP contribution in [0.1, 0.15) is 0 Å². The van der Waals surface area contributed by atoms with E-state index in [9.17, 15) is 17.6 Å². The lowest BCUT2D eigenvalue weighted by Crippen LogP contribution is -2.50.